The standard InChI is InChI=1S/C28H34N4O4/c1-3-19-14-18(15-20(4-2)25(19)34)10-11-28(21-8-5-6-9-21)17-23(33)22(26(35)36-28)16-24-30-27-29-12-7-13-32(27)31-24/h7,12-15,21-22,34H,3-6,8-11,16-17H2,1-2H3. The Bertz CT molecular complexity index is 1200. The Labute approximate surface area is 211 Å². The Balaban J connectivity index is 1.36. The lowest BCUT2D eigenvalue weighted by atomic mass is 9.73. The number of aromatic nitrogens is 4. The van der Waals surface area contributed by atoms with Crippen LogP contribution in [0.1, 0.15) is 74.9 Å². The maximum atomic E-state index is 13.4. The Kier molecular flexibility index (Phi) is 6.77. The molecule has 36 heavy (non-hydrogen) atoms. The molecule has 5 rings (SSSR count). The van der Waals surface area contributed by atoms with Crippen molar-refractivity contribution in [3.63, 3.8) is 0 Å². The van der Waals surface area contributed by atoms with Gasteiger partial charge in [-0.2, -0.15) is 4.98 Å². The van der Waals surface area contributed by atoms with E-state index in [1.54, 1.807) is 23.0 Å². The highest BCUT2D eigenvalue weighted by atomic mass is 16.6. The van der Waals surface area contributed by atoms with E-state index in [0.717, 1.165) is 55.2 Å². The van der Waals surface area contributed by atoms with Gasteiger partial charge in [0.2, 0.25) is 0 Å². The van der Waals surface area contributed by atoms with Gasteiger partial charge in [-0.15, -0.1) is 5.10 Å². The molecular formula is C28H34N4O4. The predicted octanol–water partition coefficient (Wildman–Crippen LogP) is 4.19. The highest BCUT2D eigenvalue weighted by molar-refractivity contribution is 6.01. The third kappa shape index (κ3) is 4.61. The van der Waals surface area contributed by atoms with Crippen LogP contribution in [0, 0.1) is 11.8 Å². The topological polar surface area (TPSA) is 107 Å². The molecule has 0 amide bonds. The molecule has 2 aromatic heterocycles. The molecule has 1 aliphatic heterocycles. The number of benzene rings is 1. The molecule has 1 aromatic carbocycles. The second-order valence-corrected chi connectivity index (χ2v) is 10.2. The van der Waals surface area contributed by atoms with Crippen LogP contribution in [0.3, 0.4) is 0 Å². The van der Waals surface area contributed by atoms with Crippen molar-refractivity contribution < 1.29 is 19.4 Å². The molecule has 3 heterocycles. The Morgan fingerprint density at radius 3 is 2.50 bits per heavy atom. The van der Waals surface area contributed by atoms with Crippen LogP contribution in [0.4, 0.5) is 0 Å². The number of aryl methyl sites for hydroxylation is 3. The van der Waals surface area contributed by atoms with Gasteiger partial charge in [0.05, 0.1) is 0 Å². The zero-order valence-corrected chi connectivity index (χ0v) is 21.1. The third-order valence-electron chi connectivity index (χ3n) is 8.02. The van der Waals surface area contributed by atoms with Gasteiger partial charge in [-0.05, 0) is 67.2 Å². The lowest BCUT2D eigenvalue weighted by Crippen LogP contribution is -2.52. The highest BCUT2D eigenvalue weighted by Crippen LogP contribution is 2.45. The molecule has 0 radical (unpaired) electrons. The summed E-state index contributed by atoms with van der Waals surface area (Å²) in [7, 11) is 0. The van der Waals surface area contributed by atoms with Crippen molar-refractivity contribution in [3.8, 4) is 5.75 Å². The van der Waals surface area contributed by atoms with Gasteiger partial charge in [0.15, 0.2) is 11.6 Å². The van der Waals surface area contributed by atoms with Crippen molar-refractivity contribution in [1.29, 1.82) is 0 Å². The SMILES string of the molecule is CCc1cc(CCC2(C3CCCC3)CC(=O)C(Cc3nc4ncccn4n3)C(=O)O2)cc(CC)c1O. The van der Waals surface area contributed by atoms with Gasteiger partial charge in [0.25, 0.3) is 5.78 Å². The molecule has 8 heteroatoms. The second kappa shape index (κ2) is 9.99. The molecule has 0 spiro atoms. The van der Waals surface area contributed by atoms with Gasteiger partial charge in [-0.3, -0.25) is 9.59 Å². The monoisotopic (exact) mass is 490 g/mol. The van der Waals surface area contributed by atoms with E-state index in [1.165, 1.54) is 0 Å². The van der Waals surface area contributed by atoms with Crippen LogP contribution in [-0.2, 0) is 40.0 Å². The zero-order valence-electron chi connectivity index (χ0n) is 21.1. The fourth-order valence-corrected chi connectivity index (χ4v) is 5.99. The molecule has 3 aromatic rings. The summed E-state index contributed by atoms with van der Waals surface area (Å²) in [6.45, 7) is 4.07. The fraction of sp³-hybridized carbons (Fsp3) is 0.536. The largest absolute Gasteiger partial charge is 0.507 e. The van der Waals surface area contributed by atoms with E-state index in [1.807, 2.05) is 13.8 Å². The smallest absolute Gasteiger partial charge is 0.317 e. The highest BCUT2D eigenvalue weighted by Gasteiger charge is 2.51. The van der Waals surface area contributed by atoms with E-state index in [4.69, 9.17) is 4.74 Å². The summed E-state index contributed by atoms with van der Waals surface area (Å²) in [5.74, 6) is 0.00334. The molecule has 0 bridgehead atoms. The summed E-state index contributed by atoms with van der Waals surface area (Å²) in [5, 5.41) is 14.9. The summed E-state index contributed by atoms with van der Waals surface area (Å²) in [6, 6.07) is 5.85. The van der Waals surface area contributed by atoms with Gasteiger partial charge in [0, 0.05) is 25.2 Å². The number of nitrogens with zero attached hydrogens (tertiary/aromatic N) is 4. The molecule has 1 N–H and O–H groups in total. The molecule has 2 atom stereocenters. The number of esters is 1. The summed E-state index contributed by atoms with van der Waals surface area (Å²) in [5.41, 5.74) is 2.22. The van der Waals surface area contributed by atoms with E-state index in [9.17, 15) is 14.7 Å². The maximum absolute atomic E-state index is 13.4. The molecular weight excluding hydrogens is 456 g/mol. The van der Waals surface area contributed by atoms with Crippen LogP contribution >= 0.6 is 0 Å². The zero-order chi connectivity index (χ0) is 25.3. The normalized spacial score (nSPS) is 22.9. The van der Waals surface area contributed by atoms with Gasteiger partial charge < -0.3 is 9.84 Å². The van der Waals surface area contributed by atoms with Crippen LogP contribution in [0.25, 0.3) is 5.78 Å². The quantitative estimate of drug-likeness (QED) is 0.373. The van der Waals surface area contributed by atoms with E-state index in [-0.39, 0.29) is 24.5 Å². The van der Waals surface area contributed by atoms with E-state index < -0.39 is 17.5 Å². The van der Waals surface area contributed by atoms with Gasteiger partial charge >= 0.3 is 5.97 Å². The molecule has 2 unspecified atom stereocenters. The van der Waals surface area contributed by atoms with Gasteiger partial charge in [0.1, 0.15) is 17.3 Å². The number of carbonyl (C=O) groups excluding carboxylic acids is 2. The number of ether oxygens (including phenoxy) is 1. The lowest BCUT2D eigenvalue weighted by Gasteiger charge is -2.43. The van der Waals surface area contributed by atoms with Crippen LogP contribution in [0.2, 0.25) is 0 Å². The first kappa shape index (κ1) is 24.4. The molecule has 190 valence electrons. The fourth-order valence-electron chi connectivity index (χ4n) is 5.99. The predicted molar refractivity (Wildman–Crippen MR) is 134 cm³/mol. The molecule has 1 aliphatic carbocycles. The van der Waals surface area contributed by atoms with E-state index in [2.05, 4.69) is 27.2 Å². The molecule has 2 fully saturated rings. The first-order valence-electron chi connectivity index (χ1n) is 13.2. The van der Waals surface area contributed by atoms with Crippen LogP contribution in [0.15, 0.2) is 30.6 Å². The minimum absolute atomic E-state index is 0.0841. The number of fused-ring (bicyclic) bond motifs is 1. The van der Waals surface area contributed by atoms with Crippen molar-refractivity contribution >= 4 is 17.5 Å². The number of phenols is 1. The van der Waals surface area contributed by atoms with Crippen LogP contribution in [-0.4, -0.2) is 42.0 Å². The Morgan fingerprint density at radius 2 is 1.86 bits per heavy atom. The number of aromatic hydroxyl groups is 1. The maximum Gasteiger partial charge on any atom is 0.317 e. The van der Waals surface area contributed by atoms with Crippen molar-refractivity contribution in [2.75, 3.05) is 0 Å². The number of Topliss-reactive ketones (excluding diaryl/α,β-unsaturated/α-hetero) is 1. The summed E-state index contributed by atoms with van der Waals surface area (Å²) in [4.78, 5) is 35.3. The first-order chi connectivity index (χ1) is 17.4. The third-order valence-corrected chi connectivity index (χ3v) is 8.02. The van der Waals surface area contributed by atoms with Crippen LogP contribution in [0.5, 0.6) is 5.75 Å². The summed E-state index contributed by atoms with van der Waals surface area (Å²) >= 11 is 0. The molecule has 8 nitrogen and oxygen atoms in total. The van der Waals surface area contributed by atoms with E-state index >= 15 is 0 Å². The number of hydrogen-bond acceptors (Lipinski definition) is 7. The van der Waals surface area contributed by atoms with Crippen molar-refractivity contribution in [3.05, 3.63) is 53.1 Å². The van der Waals surface area contributed by atoms with Gasteiger partial charge in [-0.1, -0.05) is 38.8 Å². The van der Waals surface area contributed by atoms with Crippen molar-refractivity contribution in [2.45, 2.75) is 83.7 Å². The Hall–Kier alpha value is -3.29. The average molecular weight is 491 g/mol. The molecule has 2 aliphatic rings. The number of hydrogen-bond donors (Lipinski definition) is 1. The summed E-state index contributed by atoms with van der Waals surface area (Å²) < 4.78 is 7.80. The molecule has 1 saturated heterocycles. The number of rotatable bonds is 8. The second-order valence-electron chi connectivity index (χ2n) is 10.2. The van der Waals surface area contributed by atoms with Crippen LogP contribution < -0.4 is 0 Å². The van der Waals surface area contributed by atoms with Gasteiger partial charge in [-0.25, -0.2) is 9.50 Å². The number of carbonyl (C=O) groups is 2. The van der Waals surface area contributed by atoms with Crippen molar-refractivity contribution in [1.82, 2.24) is 19.6 Å². The minimum atomic E-state index is -0.885. The lowest BCUT2D eigenvalue weighted by molar-refractivity contribution is -0.185. The number of cyclic esters (lactones) is 1. The molecule has 1 saturated carbocycles. The first-order valence-corrected chi connectivity index (χ1v) is 13.2. The summed E-state index contributed by atoms with van der Waals surface area (Å²) in [6.07, 6.45) is 10.7. The Morgan fingerprint density at radius 1 is 1.14 bits per heavy atom. The van der Waals surface area contributed by atoms with E-state index in [0.29, 0.717) is 30.2 Å². The number of ketones is 1. The minimum Gasteiger partial charge on any atom is -0.507 e. The van der Waals surface area contributed by atoms with Crippen molar-refractivity contribution in [2.24, 2.45) is 11.8 Å². The number of phenolic OH excluding ortho intramolecular Hbond substituents is 1. The average Bonchev–Trinajstić information content (AvgIpc) is 3.56.